The third-order valence-corrected chi connectivity index (χ3v) is 5.12. The van der Waals surface area contributed by atoms with Crippen molar-refractivity contribution in [2.24, 2.45) is 0 Å². The second-order valence-corrected chi connectivity index (χ2v) is 6.89. The molecule has 1 aromatic carbocycles. The first-order chi connectivity index (χ1) is 12.2. The lowest BCUT2D eigenvalue weighted by atomic mass is 10.1. The second kappa shape index (κ2) is 8.27. The van der Waals surface area contributed by atoms with Crippen molar-refractivity contribution in [2.75, 3.05) is 19.8 Å². The van der Waals surface area contributed by atoms with Gasteiger partial charge in [-0.15, -0.1) is 11.3 Å². The molecule has 1 saturated heterocycles. The van der Waals surface area contributed by atoms with E-state index < -0.39 is 0 Å². The Bertz CT molecular complexity index is 749. The lowest BCUT2D eigenvalue weighted by molar-refractivity contribution is 0.0532. The van der Waals surface area contributed by atoms with E-state index in [-0.39, 0.29) is 18.0 Å². The van der Waals surface area contributed by atoms with Crippen molar-refractivity contribution >= 4 is 23.2 Å². The number of hydrogen-bond donors (Lipinski definition) is 1. The molecular weight excluding hydrogens is 338 g/mol. The maximum absolute atomic E-state index is 12.3. The fourth-order valence-corrected chi connectivity index (χ4v) is 3.63. The Morgan fingerprint density at radius 1 is 1.32 bits per heavy atom. The summed E-state index contributed by atoms with van der Waals surface area (Å²) < 4.78 is 10.5. The Kier molecular flexibility index (Phi) is 5.83. The van der Waals surface area contributed by atoms with Gasteiger partial charge in [-0.25, -0.2) is 4.79 Å². The van der Waals surface area contributed by atoms with Gasteiger partial charge in [0.25, 0.3) is 5.91 Å². The molecule has 1 aliphatic rings. The highest BCUT2D eigenvalue weighted by Crippen LogP contribution is 2.29. The van der Waals surface area contributed by atoms with Gasteiger partial charge in [0.1, 0.15) is 4.88 Å². The monoisotopic (exact) mass is 359 g/mol. The summed E-state index contributed by atoms with van der Waals surface area (Å²) in [5.74, 6) is -0.427. The number of carbonyl (C=O) groups is 2. The van der Waals surface area contributed by atoms with Crippen molar-refractivity contribution in [1.82, 2.24) is 5.32 Å². The lowest BCUT2D eigenvalue weighted by Crippen LogP contribution is -2.31. The molecule has 0 radical (unpaired) electrons. The molecule has 2 aromatic rings. The molecule has 5 nitrogen and oxygen atoms in total. The molecule has 3 rings (SSSR count). The summed E-state index contributed by atoms with van der Waals surface area (Å²) >= 11 is 1.36. The Morgan fingerprint density at radius 3 is 2.96 bits per heavy atom. The number of thiophene rings is 1. The van der Waals surface area contributed by atoms with Crippen LogP contribution >= 0.6 is 11.3 Å². The van der Waals surface area contributed by atoms with Crippen LogP contribution < -0.4 is 5.32 Å². The molecule has 1 N–H and O–H groups in total. The van der Waals surface area contributed by atoms with E-state index in [1.54, 1.807) is 19.1 Å². The normalized spacial score (nSPS) is 16.6. The first kappa shape index (κ1) is 17.6. The van der Waals surface area contributed by atoms with Crippen molar-refractivity contribution in [1.29, 1.82) is 0 Å². The van der Waals surface area contributed by atoms with Crippen LogP contribution in [0.4, 0.5) is 0 Å². The molecule has 25 heavy (non-hydrogen) atoms. The van der Waals surface area contributed by atoms with Crippen LogP contribution in [-0.2, 0) is 9.47 Å². The molecule has 1 unspecified atom stereocenters. The standard InChI is InChI=1S/C19H21NO4S/c1-2-23-19(22)17-9-8-16(25-17)13-5-3-6-14(11-13)18(21)20-12-15-7-4-10-24-15/h3,5-6,8-9,11,15H,2,4,7,10,12H2,1H3,(H,20,21). The third kappa shape index (κ3) is 4.46. The van der Waals surface area contributed by atoms with Gasteiger partial charge in [-0.1, -0.05) is 12.1 Å². The number of hydrogen-bond acceptors (Lipinski definition) is 5. The maximum atomic E-state index is 12.3. The molecule has 1 fully saturated rings. The summed E-state index contributed by atoms with van der Waals surface area (Å²) in [6.07, 6.45) is 2.17. The average molecular weight is 359 g/mol. The molecule has 1 aliphatic heterocycles. The molecular formula is C19H21NO4S. The van der Waals surface area contributed by atoms with Crippen molar-refractivity contribution in [3.8, 4) is 10.4 Å². The summed E-state index contributed by atoms with van der Waals surface area (Å²) in [5.41, 5.74) is 1.51. The van der Waals surface area contributed by atoms with Gasteiger partial charge in [-0.2, -0.15) is 0 Å². The number of nitrogens with one attached hydrogen (secondary N) is 1. The van der Waals surface area contributed by atoms with Crippen LogP contribution in [-0.4, -0.2) is 37.7 Å². The van der Waals surface area contributed by atoms with Gasteiger partial charge in [-0.05, 0) is 49.6 Å². The summed E-state index contributed by atoms with van der Waals surface area (Å²) in [6.45, 7) is 3.45. The molecule has 0 saturated carbocycles. The van der Waals surface area contributed by atoms with Crippen LogP contribution in [0.3, 0.4) is 0 Å². The van der Waals surface area contributed by atoms with E-state index in [1.807, 2.05) is 24.3 Å². The van der Waals surface area contributed by atoms with Crippen LogP contribution in [0.2, 0.25) is 0 Å². The number of rotatable bonds is 6. The molecule has 2 heterocycles. The Balaban J connectivity index is 1.68. The predicted octanol–water partition coefficient (Wildman–Crippen LogP) is 3.50. The van der Waals surface area contributed by atoms with Crippen molar-refractivity contribution < 1.29 is 19.1 Å². The summed E-state index contributed by atoms with van der Waals surface area (Å²) in [6, 6.07) is 11.0. The van der Waals surface area contributed by atoms with E-state index in [1.165, 1.54) is 11.3 Å². The highest BCUT2D eigenvalue weighted by atomic mass is 32.1. The molecule has 132 valence electrons. The molecule has 1 atom stereocenters. The third-order valence-electron chi connectivity index (χ3n) is 4.01. The number of amides is 1. The largest absolute Gasteiger partial charge is 0.462 e. The smallest absolute Gasteiger partial charge is 0.348 e. The van der Waals surface area contributed by atoms with Gasteiger partial charge in [0.2, 0.25) is 0 Å². The van der Waals surface area contributed by atoms with Crippen LogP contribution in [0.5, 0.6) is 0 Å². The minimum absolute atomic E-state index is 0.112. The van der Waals surface area contributed by atoms with Crippen molar-refractivity contribution in [3.05, 3.63) is 46.8 Å². The quantitative estimate of drug-likeness (QED) is 0.802. The molecule has 0 aliphatic carbocycles. The maximum Gasteiger partial charge on any atom is 0.348 e. The van der Waals surface area contributed by atoms with Crippen LogP contribution in [0.1, 0.15) is 39.8 Å². The molecule has 1 aromatic heterocycles. The number of esters is 1. The van der Waals surface area contributed by atoms with Crippen LogP contribution in [0.25, 0.3) is 10.4 Å². The zero-order valence-electron chi connectivity index (χ0n) is 14.1. The van der Waals surface area contributed by atoms with Crippen LogP contribution in [0, 0.1) is 0 Å². The van der Waals surface area contributed by atoms with Crippen molar-refractivity contribution in [2.45, 2.75) is 25.9 Å². The fourth-order valence-electron chi connectivity index (χ4n) is 2.73. The topological polar surface area (TPSA) is 64.6 Å². The average Bonchev–Trinajstić information content (AvgIpc) is 3.32. The van der Waals surface area contributed by atoms with Gasteiger partial charge < -0.3 is 14.8 Å². The fraction of sp³-hybridized carbons (Fsp3) is 0.368. The van der Waals surface area contributed by atoms with Gasteiger partial charge >= 0.3 is 5.97 Å². The first-order valence-electron chi connectivity index (χ1n) is 8.44. The van der Waals surface area contributed by atoms with E-state index in [2.05, 4.69) is 5.32 Å². The van der Waals surface area contributed by atoms with Gasteiger partial charge in [0, 0.05) is 23.6 Å². The van der Waals surface area contributed by atoms with Crippen LogP contribution in [0.15, 0.2) is 36.4 Å². The Labute approximate surface area is 151 Å². The van der Waals surface area contributed by atoms with Gasteiger partial charge in [0.05, 0.1) is 12.7 Å². The highest BCUT2D eigenvalue weighted by Gasteiger charge is 2.17. The Morgan fingerprint density at radius 2 is 2.20 bits per heavy atom. The van der Waals surface area contributed by atoms with Gasteiger partial charge in [-0.3, -0.25) is 4.79 Å². The van der Waals surface area contributed by atoms with E-state index in [9.17, 15) is 9.59 Å². The minimum Gasteiger partial charge on any atom is -0.462 e. The summed E-state index contributed by atoms with van der Waals surface area (Å²) in [4.78, 5) is 25.6. The zero-order valence-corrected chi connectivity index (χ0v) is 14.9. The highest BCUT2D eigenvalue weighted by molar-refractivity contribution is 7.17. The van der Waals surface area contributed by atoms with E-state index in [0.717, 1.165) is 29.9 Å². The van der Waals surface area contributed by atoms with E-state index in [0.29, 0.717) is 23.6 Å². The van der Waals surface area contributed by atoms with E-state index in [4.69, 9.17) is 9.47 Å². The van der Waals surface area contributed by atoms with Gasteiger partial charge in [0.15, 0.2) is 0 Å². The molecule has 1 amide bonds. The Hall–Kier alpha value is -2.18. The minimum atomic E-state index is -0.316. The summed E-state index contributed by atoms with van der Waals surface area (Å²) in [7, 11) is 0. The second-order valence-electron chi connectivity index (χ2n) is 5.81. The number of carbonyl (C=O) groups excluding carboxylic acids is 2. The SMILES string of the molecule is CCOC(=O)c1ccc(-c2cccc(C(=O)NCC3CCCO3)c2)s1. The van der Waals surface area contributed by atoms with E-state index >= 15 is 0 Å². The summed E-state index contributed by atoms with van der Waals surface area (Å²) in [5, 5.41) is 2.93. The first-order valence-corrected chi connectivity index (χ1v) is 9.26. The van der Waals surface area contributed by atoms with Crippen molar-refractivity contribution in [3.63, 3.8) is 0 Å². The number of benzene rings is 1. The predicted molar refractivity (Wildman–Crippen MR) is 97.0 cm³/mol. The molecule has 6 heteroatoms. The molecule has 0 spiro atoms. The zero-order chi connectivity index (χ0) is 17.6. The lowest BCUT2D eigenvalue weighted by Gasteiger charge is -2.11. The number of ether oxygens (including phenoxy) is 2. The molecule has 0 bridgehead atoms.